The van der Waals surface area contributed by atoms with Crippen molar-refractivity contribution in [1.29, 1.82) is 5.26 Å². The van der Waals surface area contributed by atoms with Gasteiger partial charge in [0.25, 0.3) is 0 Å². The summed E-state index contributed by atoms with van der Waals surface area (Å²) in [5.74, 6) is -1.31. The van der Waals surface area contributed by atoms with Gasteiger partial charge in [-0.2, -0.15) is 5.26 Å². The molecule has 1 aliphatic carbocycles. The minimum absolute atomic E-state index is 0.173. The van der Waals surface area contributed by atoms with Crippen LogP contribution in [0.2, 0.25) is 0 Å². The Hall–Kier alpha value is -2.06. The van der Waals surface area contributed by atoms with Gasteiger partial charge in [-0.15, -0.1) is 11.3 Å². The molecule has 0 bridgehead atoms. The zero-order valence-electron chi connectivity index (χ0n) is 11.2. The minimum atomic E-state index is -0.654. The molecule has 0 saturated heterocycles. The summed E-state index contributed by atoms with van der Waals surface area (Å²) in [7, 11) is 0. The molecule has 2 aromatic rings. The van der Waals surface area contributed by atoms with Gasteiger partial charge in [-0.1, -0.05) is 6.07 Å². The van der Waals surface area contributed by atoms with Crippen molar-refractivity contribution >= 4 is 22.6 Å². The molecule has 1 aromatic heterocycles. The lowest BCUT2D eigenvalue weighted by Crippen LogP contribution is -1.99. The predicted molar refractivity (Wildman–Crippen MR) is 79.3 cm³/mol. The van der Waals surface area contributed by atoms with Crippen molar-refractivity contribution in [2.75, 3.05) is 0 Å². The summed E-state index contributed by atoms with van der Waals surface area (Å²) in [5, 5.41) is 9.85. The van der Waals surface area contributed by atoms with E-state index < -0.39 is 11.6 Å². The Bertz CT molecular complexity index is 736. The largest absolute Gasteiger partial charge is 0.244 e. The first-order valence-electron chi connectivity index (χ1n) is 6.73. The van der Waals surface area contributed by atoms with E-state index in [2.05, 4.69) is 11.1 Å². The quantitative estimate of drug-likeness (QED) is 0.751. The summed E-state index contributed by atoms with van der Waals surface area (Å²) in [6.45, 7) is 0. The third-order valence-corrected chi connectivity index (χ3v) is 4.77. The van der Waals surface area contributed by atoms with Crippen molar-refractivity contribution < 1.29 is 8.78 Å². The van der Waals surface area contributed by atoms with Gasteiger partial charge < -0.3 is 0 Å². The van der Waals surface area contributed by atoms with E-state index in [0.717, 1.165) is 31.2 Å². The first kappa shape index (κ1) is 13.9. The van der Waals surface area contributed by atoms with Crippen molar-refractivity contribution in [3.63, 3.8) is 0 Å². The second-order valence-corrected chi connectivity index (χ2v) is 5.98. The first-order valence-corrected chi connectivity index (χ1v) is 7.55. The Kier molecular flexibility index (Phi) is 3.80. The van der Waals surface area contributed by atoms with Gasteiger partial charge >= 0.3 is 0 Å². The maximum Gasteiger partial charge on any atom is 0.134 e. The fourth-order valence-corrected chi connectivity index (χ4v) is 3.70. The number of rotatable bonds is 2. The summed E-state index contributed by atoms with van der Waals surface area (Å²) in [5.41, 5.74) is 1.45. The highest BCUT2D eigenvalue weighted by atomic mass is 32.1. The van der Waals surface area contributed by atoms with Gasteiger partial charge in [0.05, 0.1) is 11.1 Å². The van der Waals surface area contributed by atoms with Crippen LogP contribution in [0.1, 0.15) is 34.4 Å². The molecule has 0 amide bonds. The Morgan fingerprint density at radius 3 is 2.62 bits per heavy atom. The van der Waals surface area contributed by atoms with Crippen LogP contribution in [0.15, 0.2) is 23.2 Å². The van der Waals surface area contributed by atoms with Crippen molar-refractivity contribution in [2.45, 2.75) is 25.7 Å². The number of fused-ring (bicyclic) bond motifs is 1. The van der Waals surface area contributed by atoms with E-state index >= 15 is 0 Å². The molecular formula is C16H12F2N2S. The third-order valence-electron chi connectivity index (χ3n) is 3.58. The van der Waals surface area contributed by atoms with Crippen molar-refractivity contribution in [1.82, 2.24) is 0 Å². The lowest BCUT2D eigenvalue weighted by atomic mass is 9.96. The number of halogens is 2. The van der Waals surface area contributed by atoms with Gasteiger partial charge in [0.2, 0.25) is 0 Å². The number of nitrogens with zero attached hydrogens (tertiary/aromatic N) is 2. The van der Waals surface area contributed by atoms with Crippen LogP contribution in [0.4, 0.5) is 13.8 Å². The van der Waals surface area contributed by atoms with E-state index in [1.54, 1.807) is 0 Å². The molecule has 0 radical (unpaired) electrons. The minimum Gasteiger partial charge on any atom is -0.244 e. The van der Waals surface area contributed by atoms with Crippen molar-refractivity contribution in [2.24, 2.45) is 4.99 Å². The second kappa shape index (κ2) is 5.74. The standard InChI is InChI=1S/C16H12F2N2S/c17-13-5-3-6-14(18)12(13)9-20-16-11(8-19)10-4-1-2-7-15(10)21-16/h3,5-6,9H,1-2,4,7H2. The Morgan fingerprint density at radius 1 is 1.19 bits per heavy atom. The number of aryl methyl sites for hydroxylation is 1. The number of aliphatic imine (C=N–C) groups is 1. The van der Waals surface area contributed by atoms with Gasteiger partial charge in [0.1, 0.15) is 22.7 Å². The molecule has 0 unspecified atom stereocenters. The van der Waals surface area contributed by atoms with Crippen LogP contribution in [0.25, 0.3) is 0 Å². The van der Waals surface area contributed by atoms with E-state index in [0.29, 0.717) is 10.6 Å². The molecule has 3 rings (SSSR count). The van der Waals surface area contributed by atoms with Crippen LogP contribution in [0.5, 0.6) is 0 Å². The maximum absolute atomic E-state index is 13.6. The number of nitriles is 1. The molecule has 0 saturated carbocycles. The van der Waals surface area contributed by atoms with E-state index in [1.165, 1.54) is 40.6 Å². The SMILES string of the molecule is N#Cc1c(N=Cc2c(F)cccc2F)sc2c1CCCC2. The molecule has 1 heterocycles. The number of hydrogen-bond donors (Lipinski definition) is 0. The van der Waals surface area contributed by atoms with Crippen LogP contribution in [-0.2, 0) is 12.8 Å². The summed E-state index contributed by atoms with van der Waals surface area (Å²) >= 11 is 1.45. The fraction of sp³-hybridized carbons (Fsp3) is 0.250. The lowest BCUT2D eigenvalue weighted by molar-refractivity contribution is 0.580. The third kappa shape index (κ3) is 2.59. The highest BCUT2D eigenvalue weighted by molar-refractivity contribution is 7.16. The van der Waals surface area contributed by atoms with Crippen molar-refractivity contribution in [3.05, 3.63) is 51.4 Å². The molecule has 0 fully saturated rings. The number of benzene rings is 1. The van der Waals surface area contributed by atoms with Crippen LogP contribution in [0, 0.1) is 23.0 Å². The highest BCUT2D eigenvalue weighted by Crippen LogP contribution is 2.39. The van der Waals surface area contributed by atoms with Crippen LogP contribution in [0.3, 0.4) is 0 Å². The normalized spacial score (nSPS) is 14.1. The van der Waals surface area contributed by atoms with Gasteiger partial charge in [-0.3, -0.25) is 0 Å². The highest BCUT2D eigenvalue weighted by Gasteiger charge is 2.20. The molecule has 0 aliphatic heterocycles. The maximum atomic E-state index is 13.6. The van der Waals surface area contributed by atoms with Crippen LogP contribution >= 0.6 is 11.3 Å². The number of thiophene rings is 1. The van der Waals surface area contributed by atoms with E-state index in [-0.39, 0.29) is 5.56 Å². The van der Waals surface area contributed by atoms with E-state index in [9.17, 15) is 14.0 Å². The molecule has 0 N–H and O–H groups in total. The zero-order chi connectivity index (χ0) is 14.8. The smallest absolute Gasteiger partial charge is 0.134 e. The molecule has 0 spiro atoms. The topological polar surface area (TPSA) is 36.1 Å². The second-order valence-electron chi connectivity index (χ2n) is 4.90. The first-order chi connectivity index (χ1) is 10.2. The predicted octanol–water partition coefficient (Wildman–Crippen LogP) is 4.53. The summed E-state index contributed by atoms with van der Waals surface area (Å²) in [6.07, 6.45) is 5.20. The lowest BCUT2D eigenvalue weighted by Gasteiger charge is -2.09. The average molecular weight is 302 g/mol. The van der Waals surface area contributed by atoms with Crippen LogP contribution in [-0.4, -0.2) is 6.21 Å². The summed E-state index contributed by atoms with van der Waals surface area (Å²) in [6, 6.07) is 5.87. The fourth-order valence-electron chi connectivity index (χ4n) is 2.51. The Balaban J connectivity index is 2.01. The molecular weight excluding hydrogens is 290 g/mol. The molecule has 0 atom stereocenters. The molecule has 2 nitrogen and oxygen atoms in total. The summed E-state index contributed by atoms with van der Waals surface area (Å²) < 4.78 is 27.1. The average Bonchev–Trinajstić information content (AvgIpc) is 2.84. The Morgan fingerprint density at radius 2 is 1.90 bits per heavy atom. The van der Waals surface area contributed by atoms with Gasteiger partial charge in [0, 0.05) is 11.1 Å². The molecule has 5 heteroatoms. The molecule has 1 aliphatic rings. The zero-order valence-corrected chi connectivity index (χ0v) is 12.0. The monoisotopic (exact) mass is 302 g/mol. The van der Waals surface area contributed by atoms with Crippen molar-refractivity contribution in [3.8, 4) is 6.07 Å². The van der Waals surface area contributed by atoms with Gasteiger partial charge in [0.15, 0.2) is 0 Å². The summed E-state index contributed by atoms with van der Waals surface area (Å²) in [4.78, 5) is 5.34. The van der Waals surface area contributed by atoms with Gasteiger partial charge in [-0.05, 0) is 43.4 Å². The van der Waals surface area contributed by atoms with E-state index in [4.69, 9.17) is 0 Å². The molecule has 1 aromatic carbocycles. The van der Waals surface area contributed by atoms with Gasteiger partial charge in [-0.25, -0.2) is 13.8 Å². The number of hydrogen-bond acceptors (Lipinski definition) is 3. The Labute approximate surface area is 125 Å². The molecule has 106 valence electrons. The molecule has 21 heavy (non-hydrogen) atoms. The van der Waals surface area contributed by atoms with Crippen LogP contribution < -0.4 is 0 Å². The van der Waals surface area contributed by atoms with E-state index in [1.807, 2.05) is 0 Å².